The highest BCUT2D eigenvalue weighted by atomic mass is 79.9. The number of fused-ring (bicyclic) bond motifs is 1. The number of benzene rings is 2. The molecule has 134 valence electrons. The molecule has 6 nitrogen and oxygen atoms in total. The number of nitro groups is 1. The minimum Gasteiger partial charge on any atom is -0.401 e. The normalized spacial score (nSPS) is 15.3. The van der Waals surface area contributed by atoms with Gasteiger partial charge in [-0.05, 0) is 29.8 Å². The maximum Gasteiger partial charge on any atom is 0.363 e. The molecule has 0 amide bonds. The highest BCUT2D eigenvalue weighted by molar-refractivity contribution is 9.10. The number of aliphatic imine (C=N–C) groups is 1. The summed E-state index contributed by atoms with van der Waals surface area (Å²) in [6.45, 7) is 0. The summed E-state index contributed by atoms with van der Waals surface area (Å²) in [6, 6.07) is 11.8. The van der Waals surface area contributed by atoms with Crippen LogP contribution in [-0.2, 0) is 9.53 Å². The third-order valence-electron chi connectivity index (χ3n) is 3.79. The first-order valence-corrected chi connectivity index (χ1v) is 9.56. The van der Waals surface area contributed by atoms with Crippen molar-refractivity contribution >= 4 is 72.6 Å². The second-order valence-corrected chi connectivity index (χ2v) is 7.92. The quantitative estimate of drug-likeness (QED) is 0.220. The third kappa shape index (κ3) is 3.39. The molecule has 3 aromatic rings. The highest BCUT2D eigenvalue weighted by Crippen LogP contribution is 2.39. The van der Waals surface area contributed by atoms with Gasteiger partial charge in [0, 0.05) is 26.7 Å². The molecule has 0 radical (unpaired) electrons. The van der Waals surface area contributed by atoms with Gasteiger partial charge < -0.3 is 4.74 Å². The van der Waals surface area contributed by atoms with E-state index in [-0.39, 0.29) is 17.3 Å². The Morgan fingerprint density at radius 3 is 2.81 bits per heavy atom. The van der Waals surface area contributed by atoms with Gasteiger partial charge in [-0.2, -0.15) is 0 Å². The number of carbonyl (C=O) groups excluding carboxylic acids is 1. The number of esters is 1. The van der Waals surface area contributed by atoms with Crippen LogP contribution in [0.2, 0.25) is 5.02 Å². The zero-order chi connectivity index (χ0) is 19.1. The summed E-state index contributed by atoms with van der Waals surface area (Å²) in [5.41, 5.74) is 0.912. The number of hydrogen-bond acceptors (Lipinski definition) is 6. The number of halogens is 2. The fraction of sp³-hybridized carbons (Fsp3) is 0. The van der Waals surface area contributed by atoms with Crippen molar-refractivity contribution in [2.45, 2.75) is 0 Å². The first kappa shape index (κ1) is 17.8. The number of carbonyl (C=O) groups is 1. The molecule has 4 rings (SSSR count). The van der Waals surface area contributed by atoms with Gasteiger partial charge in [0.25, 0.3) is 5.69 Å². The van der Waals surface area contributed by atoms with Gasteiger partial charge in [-0.3, -0.25) is 10.1 Å². The highest BCUT2D eigenvalue weighted by Gasteiger charge is 2.28. The summed E-state index contributed by atoms with van der Waals surface area (Å²) in [5, 5.41) is 11.9. The summed E-state index contributed by atoms with van der Waals surface area (Å²) in [7, 11) is 0. The molecular formula is C18H8BrClN2O4S. The van der Waals surface area contributed by atoms with Crippen molar-refractivity contribution in [3.8, 4) is 0 Å². The van der Waals surface area contributed by atoms with Crippen molar-refractivity contribution in [1.82, 2.24) is 0 Å². The Balaban J connectivity index is 1.76. The summed E-state index contributed by atoms with van der Waals surface area (Å²) < 4.78 is 6.77. The molecule has 9 heteroatoms. The van der Waals surface area contributed by atoms with Gasteiger partial charge in [0.2, 0.25) is 5.90 Å². The molecule has 0 saturated carbocycles. The predicted molar refractivity (Wildman–Crippen MR) is 108 cm³/mol. The van der Waals surface area contributed by atoms with E-state index in [4.69, 9.17) is 16.3 Å². The van der Waals surface area contributed by atoms with Crippen molar-refractivity contribution in [3.05, 3.63) is 78.2 Å². The summed E-state index contributed by atoms with van der Waals surface area (Å²) >= 11 is 11.0. The standard InChI is InChI=1S/C18H8BrClN2O4S/c19-10-3-1-2-9(6-10)7-13-18(23)26-17(21-13)16-15(20)12-5-4-11(22(24)25)8-14(12)27-16/h1-8H/b13-7+. The second kappa shape index (κ2) is 6.88. The van der Waals surface area contributed by atoms with Gasteiger partial charge in [-0.25, -0.2) is 9.79 Å². The maximum absolute atomic E-state index is 12.2. The van der Waals surface area contributed by atoms with Gasteiger partial charge >= 0.3 is 5.97 Å². The van der Waals surface area contributed by atoms with Crippen LogP contribution in [0.1, 0.15) is 10.4 Å². The first-order chi connectivity index (χ1) is 12.9. The molecule has 0 N–H and O–H groups in total. The molecule has 0 fully saturated rings. The van der Waals surface area contributed by atoms with Gasteiger partial charge in [-0.1, -0.05) is 39.7 Å². The summed E-state index contributed by atoms with van der Waals surface area (Å²) in [6.07, 6.45) is 1.62. The molecule has 27 heavy (non-hydrogen) atoms. The smallest absolute Gasteiger partial charge is 0.363 e. The molecule has 0 atom stereocenters. The lowest BCUT2D eigenvalue weighted by molar-refractivity contribution is -0.384. The topological polar surface area (TPSA) is 81.8 Å². The molecule has 1 aliphatic heterocycles. The number of hydrogen-bond donors (Lipinski definition) is 0. The van der Waals surface area contributed by atoms with E-state index in [1.54, 1.807) is 12.1 Å². The zero-order valence-electron chi connectivity index (χ0n) is 13.3. The van der Waals surface area contributed by atoms with Gasteiger partial charge in [0.1, 0.15) is 4.88 Å². The Morgan fingerprint density at radius 2 is 2.07 bits per heavy atom. The van der Waals surface area contributed by atoms with Crippen molar-refractivity contribution in [2.24, 2.45) is 4.99 Å². The lowest BCUT2D eigenvalue weighted by Gasteiger charge is -1.96. The Bertz CT molecular complexity index is 1190. The number of cyclic esters (lactones) is 1. The lowest BCUT2D eigenvalue weighted by atomic mass is 10.2. The molecule has 2 heterocycles. The van der Waals surface area contributed by atoms with Crippen LogP contribution in [0.5, 0.6) is 0 Å². The molecule has 0 aliphatic carbocycles. The number of thiophene rings is 1. The average molecular weight is 464 g/mol. The molecule has 1 aromatic heterocycles. The van der Waals surface area contributed by atoms with Crippen molar-refractivity contribution < 1.29 is 14.5 Å². The van der Waals surface area contributed by atoms with E-state index >= 15 is 0 Å². The molecule has 1 aliphatic rings. The third-order valence-corrected chi connectivity index (χ3v) is 5.93. The van der Waals surface area contributed by atoms with Crippen LogP contribution in [0.25, 0.3) is 16.2 Å². The Labute approximate surface area is 170 Å². The van der Waals surface area contributed by atoms with E-state index in [0.29, 0.717) is 20.0 Å². The van der Waals surface area contributed by atoms with Crippen molar-refractivity contribution in [3.63, 3.8) is 0 Å². The van der Waals surface area contributed by atoms with E-state index in [2.05, 4.69) is 20.9 Å². The van der Waals surface area contributed by atoms with E-state index in [1.807, 2.05) is 24.3 Å². The average Bonchev–Trinajstić information content (AvgIpc) is 3.15. The summed E-state index contributed by atoms with van der Waals surface area (Å²) in [5.74, 6) is -0.487. The SMILES string of the molecule is O=C1OC(c2sc3cc([N+](=O)[O-])ccc3c2Cl)=N/C1=C/c1cccc(Br)c1. The van der Waals surface area contributed by atoms with Gasteiger partial charge in [-0.15, -0.1) is 11.3 Å². The predicted octanol–water partition coefficient (Wildman–Crippen LogP) is 5.57. The van der Waals surface area contributed by atoms with Gasteiger partial charge in [0.05, 0.1) is 9.95 Å². The number of rotatable bonds is 3. The molecule has 0 saturated heterocycles. The minimum absolute atomic E-state index is 0.0347. The fourth-order valence-corrected chi connectivity index (χ4v) is 4.45. The van der Waals surface area contributed by atoms with Crippen LogP contribution in [0, 0.1) is 10.1 Å². The Hall–Kier alpha value is -2.55. The van der Waals surface area contributed by atoms with E-state index < -0.39 is 10.9 Å². The summed E-state index contributed by atoms with van der Waals surface area (Å²) in [4.78, 5) is 27.4. The van der Waals surface area contributed by atoms with Crippen LogP contribution in [0.4, 0.5) is 5.69 Å². The van der Waals surface area contributed by atoms with Crippen LogP contribution in [0.15, 0.2) is 57.6 Å². The molecule has 0 spiro atoms. The molecule has 0 bridgehead atoms. The molecular weight excluding hydrogens is 456 g/mol. The Morgan fingerprint density at radius 1 is 1.26 bits per heavy atom. The minimum atomic E-state index is -0.579. The number of ether oxygens (including phenoxy) is 1. The van der Waals surface area contributed by atoms with Crippen LogP contribution in [-0.4, -0.2) is 16.8 Å². The number of nitro benzene ring substituents is 1. The van der Waals surface area contributed by atoms with Gasteiger partial charge in [0.15, 0.2) is 5.70 Å². The maximum atomic E-state index is 12.2. The molecule has 2 aromatic carbocycles. The number of non-ortho nitro benzene ring substituents is 1. The monoisotopic (exact) mass is 462 g/mol. The lowest BCUT2D eigenvalue weighted by Crippen LogP contribution is -2.04. The fourth-order valence-electron chi connectivity index (χ4n) is 2.57. The Kier molecular flexibility index (Phi) is 4.55. The van der Waals surface area contributed by atoms with E-state index in [0.717, 1.165) is 10.0 Å². The van der Waals surface area contributed by atoms with E-state index in [9.17, 15) is 14.9 Å². The van der Waals surface area contributed by atoms with Crippen molar-refractivity contribution in [1.29, 1.82) is 0 Å². The van der Waals surface area contributed by atoms with Crippen LogP contribution < -0.4 is 0 Å². The second-order valence-electron chi connectivity index (χ2n) is 5.57. The number of nitrogens with zero attached hydrogens (tertiary/aromatic N) is 2. The van der Waals surface area contributed by atoms with Crippen molar-refractivity contribution in [2.75, 3.05) is 0 Å². The largest absolute Gasteiger partial charge is 0.401 e. The van der Waals surface area contributed by atoms with E-state index in [1.165, 1.54) is 23.5 Å². The van der Waals surface area contributed by atoms with Crippen LogP contribution >= 0.6 is 38.9 Å². The molecule has 0 unspecified atom stereocenters. The zero-order valence-corrected chi connectivity index (χ0v) is 16.5. The first-order valence-electron chi connectivity index (χ1n) is 7.57. The van der Waals surface area contributed by atoms with Crippen LogP contribution in [0.3, 0.4) is 0 Å².